The van der Waals surface area contributed by atoms with E-state index in [-0.39, 0.29) is 18.7 Å². The Morgan fingerprint density at radius 3 is 2.30 bits per heavy atom. The van der Waals surface area contributed by atoms with E-state index in [0.717, 1.165) is 22.3 Å². The maximum absolute atomic E-state index is 13.3. The van der Waals surface area contributed by atoms with E-state index in [1.54, 1.807) is 0 Å². The minimum absolute atomic E-state index is 0.0887. The molecule has 33 heavy (non-hydrogen) atoms. The Morgan fingerprint density at radius 1 is 1.00 bits per heavy atom. The highest BCUT2D eigenvalue weighted by Gasteiger charge is 2.33. The van der Waals surface area contributed by atoms with Crippen molar-refractivity contribution in [3.63, 3.8) is 0 Å². The summed E-state index contributed by atoms with van der Waals surface area (Å²) < 4.78 is 38.8. The highest BCUT2D eigenvalue weighted by molar-refractivity contribution is 7.89. The van der Waals surface area contributed by atoms with Gasteiger partial charge < -0.3 is 14.8 Å². The summed E-state index contributed by atoms with van der Waals surface area (Å²) in [6.07, 6.45) is 0. The quantitative estimate of drug-likeness (QED) is 0.693. The predicted molar refractivity (Wildman–Crippen MR) is 125 cm³/mol. The van der Waals surface area contributed by atoms with Crippen molar-refractivity contribution in [1.82, 2.24) is 14.5 Å². The van der Waals surface area contributed by atoms with Crippen molar-refractivity contribution in [2.75, 3.05) is 33.0 Å². The number of benzene rings is 2. The van der Waals surface area contributed by atoms with Crippen LogP contribution in [0.3, 0.4) is 0 Å². The van der Waals surface area contributed by atoms with Gasteiger partial charge in [-0.05, 0) is 56.5 Å². The fourth-order valence-corrected chi connectivity index (χ4v) is 6.42. The van der Waals surface area contributed by atoms with Crippen LogP contribution in [0.25, 0.3) is 0 Å². The van der Waals surface area contributed by atoms with E-state index in [0.29, 0.717) is 49.1 Å². The lowest BCUT2D eigenvalue weighted by Crippen LogP contribution is -2.54. The summed E-state index contributed by atoms with van der Waals surface area (Å²) in [5.74, 6) is 1.31. The fraction of sp³-hybridized carbons (Fsp3) is 0.458. The van der Waals surface area contributed by atoms with Gasteiger partial charge in [0.15, 0.2) is 11.5 Å². The molecule has 1 N–H and O–H groups in total. The molecule has 8 nitrogen and oxygen atoms in total. The SMILES string of the molecule is Cc1cc(C)c(S(=O)(=O)N2CCN([C@@H](C)C(=O)NCc3ccc4c(c3)OCO4)CC2)c(C)c1. The highest BCUT2D eigenvalue weighted by atomic mass is 32.2. The Balaban J connectivity index is 1.34. The lowest BCUT2D eigenvalue weighted by Gasteiger charge is -2.37. The van der Waals surface area contributed by atoms with Crippen LogP contribution in [0.2, 0.25) is 0 Å². The molecule has 2 aliphatic heterocycles. The van der Waals surface area contributed by atoms with E-state index in [9.17, 15) is 13.2 Å². The number of sulfonamides is 1. The molecule has 0 aliphatic carbocycles. The maximum Gasteiger partial charge on any atom is 0.243 e. The zero-order valence-corrected chi connectivity index (χ0v) is 20.4. The molecular weight excluding hydrogens is 442 g/mol. The number of ether oxygens (including phenoxy) is 2. The monoisotopic (exact) mass is 473 g/mol. The van der Waals surface area contributed by atoms with Crippen LogP contribution < -0.4 is 14.8 Å². The van der Waals surface area contributed by atoms with Gasteiger partial charge in [-0.1, -0.05) is 23.8 Å². The number of fused-ring (bicyclic) bond motifs is 1. The molecule has 0 radical (unpaired) electrons. The number of hydrogen-bond acceptors (Lipinski definition) is 6. The van der Waals surface area contributed by atoms with Crippen LogP contribution in [0.4, 0.5) is 0 Å². The first kappa shape index (κ1) is 23.5. The number of carbonyl (C=O) groups excluding carboxylic acids is 1. The topological polar surface area (TPSA) is 88.2 Å². The van der Waals surface area contributed by atoms with Crippen LogP contribution in [0, 0.1) is 20.8 Å². The molecule has 1 saturated heterocycles. The fourth-order valence-electron chi connectivity index (χ4n) is 4.59. The Labute approximate surface area is 195 Å². The Bertz CT molecular complexity index is 1130. The van der Waals surface area contributed by atoms with Crippen LogP contribution in [0.1, 0.15) is 29.2 Å². The Kier molecular flexibility index (Phi) is 6.65. The molecule has 0 unspecified atom stereocenters. The second kappa shape index (κ2) is 9.32. The first-order valence-corrected chi connectivity index (χ1v) is 12.6. The van der Waals surface area contributed by atoms with E-state index < -0.39 is 10.0 Å². The number of rotatable bonds is 6. The minimum atomic E-state index is -3.58. The summed E-state index contributed by atoms with van der Waals surface area (Å²) in [5.41, 5.74) is 3.52. The van der Waals surface area contributed by atoms with Crippen LogP contribution in [-0.2, 0) is 21.4 Å². The lowest BCUT2D eigenvalue weighted by atomic mass is 10.1. The van der Waals surface area contributed by atoms with E-state index >= 15 is 0 Å². The molecule has 2 heterocycles. The third kappa shape index (κ3) is 4.85. The van der Waals surface area contributed by atoms with Crippen molar-refractivity contribution in [2.24, 2.45) is 0 Å². The van der Waals surface area contributed by atoms with Gasteiger partial charge in [0.1, 0.15) is 0 Å². The molecule has 1 atom stereocenters. The lowest BCUT2D eigenvalue weighted by molar-refractivity contribution is -0.126. The van der Waals surface area contributed by atoms with E-state index in [2.05, 4.69) is 5.32 Å². The first-order chi connectivity index (χ1) is 15.7. The molecule has 1 fully saturated rings. The van der Waals surface area contributed by atoms with Gasteiger partial charge in [-0.15, -0.1) is 0 Å². The highest BCUT2D eigenvalue weighted by Crippen LogP contribution is 2.32. The number of nitrogens with one attached hydrogen (secondary N) is 1. The molecule has 0 bridgehead atoms. The summed E-state index contributed by atoms with van der Waals surface area (Å²) in [6, 6.07) is 9.06. The number of amides is 1. The number of aryl methyl sites for hydroxylation is 3. The van der Waals surface area contributed by atoms with E-state index in [4.69, 9.17) is 9.47 Å². The van der Waals surface area contributed by atoms with Crippen molar-refractivity contribution in [3.8, 4) is 11.5 Å². The number of nitrogens with zero attached hydrogens (tertiary/aromatic N) is 2. The summed E-state index contributed by atoms with van der Waals surface area (Å²) in [7, 11) is -3.58. The van der Waals surface area contributed by atoms with Gasteiger partial charge in [-0.3, -0.25) is 9.69 Å². The van der Waals surface area contributed by atoms with Crippen molar-refractivity contribution < 1.29 is 22.7 Å². The van der Waals surface area contributed by atoms with Crippen molar-refractivity contribution in [1.29, 1.82) is 0 Å². The van der Waals surface area contributed by atoms with Crippen molar-refractivity contribution in [2.45, 2.75) is 45.2 Å². The van der Waals surface area contributed by atoms with Gasteiger partial charge in [0.2, 0.25) is 22.7 Å². The van der Waals surface area contributed by atoms with Gasteiger partial charge in [-0.25, -0.2) is 8.42 Å². The Morgan fingerprint density at radius 2 is 1.64 bits per heavy atom. The average Bonchev–Trinajstić information content (AvgIpc) is 3.24. The van der Waals surface area contributed by atoms with Crippen LogP contribution >= 0.6 is 0 Å². The maximum atomic E-state index is 13.3. The zero-order valence-electron chi connectivity index (χ0n) is 19.6. The van der Waals surface area contributed by atoms with Crippen molar-refractivity contribution >= 4 is 15.9 Å². The molecule has 2 aromatic carbocycles. The summed E-state index contributed by atoms with van der Waals surface area (Å²) in [6.45, 7) is 9.83. The molecule has 178 valence electrons. The smallest absolute Gasteiger partial charge is 0.243 e. The molecule has 9 heteroatoms. The number of hydrogen-bond donors (Lipinski definition) is 1. The normalized spacial score (nSPS) is 17.7. The minimum Gasteiger partial charge on any atom is -0.454 e. The van der Waals surface area contributed by atoms with Gasteiger partial charge >= 0.3 is 0 Å². The first-order valence-electron chi connectivity index (χ1n) is 11.1. The van der Waals surface area contributed by atoms with Gasteiger partial charge in [0.05, 0.1) is 10.9 Å². The van der Waals surface area contributed by atoms with Crippen LogP contribution in [0.15, 0.2) is 35.2 Å². The molecule has 0 aromatic heterocycles. The summed E-state index contributed by atoms with van der Waals surface area (Å²) in [4.78, 5) is 15.2. The van der Waals surface area contributed by atoms with E-state index in [1.165, 1.54) is 4.31 Å². The van der Waals surface area contributed by atoms with Crippen molar-refractivity contribution in [3.05, 3.63) is 52.6 Å². The van der Waals surface area contributed by atoms with Crippen LogP contribution in [-0.4, -0.2) is 62.5 Å². The van der Waals surface area contributed by atoms with Gasteiger partial charge in [0, 0.05) is 32.7 Å². The third-order valence-corrected chi connectivity index (χ3v) is 8.51. The molecule has 0 saturated carbocycles. The second-order valence-electron chi connectivity index (χ2n) is 8.75. The molecule has 0 spiro atoms. The standard InChI is InChI=1S/C24H31N3O5S/c1-16-11-17(2)23(18(3)12-16)33(29,30)27-9-7-26(8-10-27)19(4)24(28)25-14-20-5-6-21-22(13-20)32-15-31-21/h5-6,11-13,19H,7-10,14-15H2,1-4H3,(H,25,28)/t19-/m0/s1. The van der Waals surface area contributed by atoms with Crippen LogP contribution in [0.5, 0.6) is 11.5 Å². The third-order valence-electron chi connectivity index (χ3n) is 6.31. The molecule has 2 aliphatic rings. The Hall–Kier alpha value is -2.62. The largest absolute Gasteiger partial charge is 0.454 e. The molecule has 1 amide bonds. The number of piperazine rings is 1. The van der Waals surface area contributed by atoms with Gasteiger partial charge in [0.25, 0.3) is 0 Å². The average molecular weight is 474 g/mol. The number of carbonyl (C=O) groups is 1. The van der Waals surface area contributed by atoms with E-state index in [1.807, 2.05) is 62.9 Å². The molecule has 2 aromatic rings. The summed E-state index contributed by atoms with van der Waals surface area (Å²) in [5, 5.41) is 2.97. The zero-order chi connectivity index (χ0) is 23.8. The van der Waals surface area contributed by atoms with Gasteiger partial charge in [-0.2, -0.15) is 4.31 Å². The molecular formula is C24H31N3O5S. The summed E-state index contributed by atoms with van der Waals surface area (Å²) >= 11 is 0. The predicted octanol–water partition coefficient (Wildman–Crippen LogP) is 2.35. The second-order valence-corrected chi connectivity index (χ2v) is 10.6. The molecule has 4 rings (SSSR count).